The molecule has 0 saturated heterocycles. The number of aromatic carboxylic acids is 1. The number of carbonyl (C=O) groups excluding carboxylic acids is 1. The Morgan fingerprint density at radius 2 is 2.17 bits per heavy atom. The Morgan fingerprint density at radius 3 is 2.78 bits per heavy atom. The zero-order valence-electron chi connectivity index (χ0n) is 9.82. The fourth-order valence-electron chi connectivity index (χ4n) is 2.11. The highest BCUT2D eigenvalue weighted by molar-refractivity contribution is 6.05. The molecule has 1 aliphatic carbocycles. The predicted molar refractivity (Wildman–Crippen MR) is 62.6 cm³/mol. The predicted octanol–water partition coefficient (Wildman–Crippen LogP) is 0.995. The highest BCUT2D eigenvalue weighted by atomic mass is 16.4. The van der Waals surface area contributed by atoms with Crippen LogP contribution in [0.15, 0.2) is 9.52 Å². The van der Waals surface area contributed by atoms with E-state index in [1.165, 1.54) is 0 Å². The van der Waals surface area contributed by atoms with E-state index in [2.05, 4.69) is 10.5 Å². The van der Waals surface area contributed by atoms with Crippen LogP contribution in [0.25, 0.3) is 0 Å². The third-order valence-corrected chi connectivity index (χ3v) is 2.82. The topological polar surface area (TPSA) is 118 Å². The van der Waals surface area contributed by atoms with Crippen LogP contribution in [0, 0.1) is 6.92 Å². The molecule has 96 valence electrons. The molecule has 0 fully saturated rings. The van der Waals surface area contributed by atoms with Gasteiger partial charge in [0.25, 0.3) is 0 Å². The lowest BCUT2D eigenvalue weighted by atomic mass is 9.93. The Morgan fingerprint density at radius 1 is 1.44 bits per heavy atom. The maximum Gasteiger partial charge on any atom is 0.372 e. The number of carbonyl (C=O) groups is 2. The Hall–Kier alpha value is -2.31. The smallest absolute Gasteiger partial charge is 0.372 e. The van der Waals surface area contributed by atoms with Crippen molar-refractivity contribution in [2.75, 3.05) is 0 Å². The van der Waals surface area contributed by atoms with Gasteiger partial charge in [0.2, 0.25) is 5.76 Å². The number of amides is 2. The second kappa shape index (κ2) is 4.52. The van der Waals surface area contributed by atoms with Crippen LogP contribution in [0.3, 0.4) is 0 Å². The van der Waals surface area contributed by atoms with Crippen LogP contribution < -0.4 is 11.2 Å². The van der Waals surface area contributed by atoms with Crippen molar-refractivity contribution in [1.29, 1.82) is 0 Å². The van der Waals surface area contributed by atoms with Gasteiger partial charge in [0.1, 0.15) is 5.76 Å². The molecular weight excluding hydrogens is 238 g/mol. The quantitative estimate of drug-likeness (QED) is 0.679. The summed E-state index contributed by atoms with van der Waals surface area (Å²) in [6.45, 7) is 1.66. The van der Waals surface area contributed by atoms with Crippen LogP contribution in [-0.4, -0.2) is 22.8 Å². The lowest BCUT2D eigenvalue weighted by molar-refractivity contribution is 0.0659. The van der Waals surface area contributed by atoms with Gasteiger partial charge in [0.15, 0.2) is 0 Å². The number of nitrogens with zero attached hydrogens (tertiary/aromatic N) is 1. The minimum atomic E-state index is -1.11. The first kappa shape index (κ1) is 12.2. The Labute approximate surface area is 103 Å². The minimum Gasteiger partial charge on any atom is -0.475 e. The average molecular weight is 251 g/mol. The molecular formula is C11H13N3O4. The van der Waals surface area contributed by atoms with Crippen molar-refractivity contribution in [2.45, 2.75) is 26.2 Å². The number of carboxylic acids is 1. The number of carboxylic acid groups (broad SMARTS) is 1. The van der Waals surface area contributed by atoms with E-state index in [1.54, 1.807) is 6.92 Å². The molecule has 7 nitrogen and oxygen atoms in total. The first-order chi connectivity index (χ1) is 8.50. The monoisotopic (exact) mass is 251 g/mol. The summed E-state index contributed by atoms with van der Waals surface area (Å²) in [5.41, 5.74) is 8.91. The number of nitrogens with two attached hydrogens (primary N) is 1. The summed E-state index contributed by atoms with van der Waals surface area (Å²) >= 11 is 0. The molecule has 0 aliphatic heterocycles. The number of hydrogen-bond donors (Lipinski definition) is 3. The van der Waals surface area contributed by atoms with Gasteiger partial charge in [0, 0.05) is 17.5 Å². The summed E-state index contributed by atoms with van der Waals surface area (Å²) in [7, 11) is 0. The zero-order chi connectivity index (χ0) is 13.3. The molecule has 0 bridgehead atoms. The zero-order valence-corrected chi connectivity index (χ0v) is 9.82. The highest BCUT2D eigenvalue weighted by Crippen LogP contribution is 2.29. The van der Waals surface area contributed by atoms with Gasteiger partial charge in [-0.05, 0) is 19.8 Å². The van der Waals surface area contributed by atoms with Crippen molar-refractivity contribution >= 4 is 17.7 Å². The molecule has 0 unspecified atom stereocenters. The normalized spacial score (nSPS) is 16.4. The molecule has 0 radical (unpaired) electrons. The fraction of sp³-hybridized carbons (Fsp3) is 0.364. The van der Waals surface area contributed by atoms with Crippen molar-refractivity contribution in [1.82, 2.24) is 5.43 Å². The lowest BCUT2D eigenvalue weighted by Crippen LogP contribution is -2.27. The largest absolute Gasteiger partial charge is 0.475 e. The van der Waals surface area contributed by atoms with Gasteiger partial charge in [0.05, 0.1) is 5.71 Å². The molecule has 1 aromatic heterocycles. The van der Waals surface area contributed by atoms with Gasteiger partial charge in [-0.15, -0.1) is 0 Å². The number of primary amides is 1. The summed E-state index contributed by atoms with van der Waals surface area (Å²) in [6.07, 6.45) is 2.10. The molecule has 1 aromatic rings. The molecule has 4 N–H and O–H groups in total. The van der Waals surface area contributed by atoms with E-state index in [9.17, 15) is 9.59 Å². The number of hydrogen-bond acceptors (Lipinski definition) is 4. The molecule has 0 atom stereocenters. The molecule has 0 spiro atoms. The minimum absolute atomic E-state index is 0.0753. The van der Waals surface area contributed by atoms with Crippen LogP contribution >= 0.6 is 0 Å². The SMILES string of the molecule is Cc1c(C(=O)O)oc2c1/C(=N/NC(N)=O)CCC2. The molecule has 1 heterocycles. The highest BCUT2D eigenvalue weighted by Gasteiger charge is 2.27. The number of nitrogens with one attached hydrogen (secondary N) is 1. The number of fused-ring (bicyclic) bond motifs is 1. The molecule has 0 aromatic carbocycles. The standard InChI is InChI=1S/C11H13N3O4/c1-5-8-6(13-14-11(12)17)3-2-4-7(8)18-9(5)10(15)16/h2-4H2,1H3,(H,15,16)(H3,12,14,17)/b13-6+. The average Bonchev–Trinajstić information content (AvgIpc) is 2.65. The van der Waals surface area contributed by atoms with Gasteiger partial charge in [-0.3, -0.25) is 0 Å². The maximum atomic E-state index is 11.0. The van der Waals surface area contributed by atoms with Crippen molar-refractivity contribution in [3.63, 3.8) is 0 Å². The van der Waals surface area contributed by atoms with E-state index < -0.39 is 12.0 Å². The molecule has 7 heteroatoms. The molecule has 2 rings (SSSR count). The van der Waals surface area contributed by atoms with Crippen LogP contribution in [0.5, 0.6) is 0 Å². The summed E-state index contributed by atoms with van der Waals surface area (Å²) in [4.78, 5) is 21.6. The lowest BCUT2D eigenvalue weighted by Gasteiger charge is -2.12. The van der Waals surface area contributed by atoms with Gasteiger partial charge < -0.3 is 15.3 Å². The molecule has 0 saturated carbocycles. The summed E-state index contributed by atoms with van der Waals surface area (Å²) in [5, 5.41) is 12.9. The van der Waals surface area contributed by atoms with E-state index in [0.717, 1.165) is 6.42 Å². The molecule has 18 heavy (non-hydrogen) atoms. The van der Waals surface area contributed by atoms with E-state index in [-0.39, 0.29) is 5.76 Å². The van der Waals surface area contributed by atoms with E-state index in [0.29, 0.717) is 35.4 Å². The Balaban J connectivity index is 2.45. The van der Waals surface area contributed by atoms with Crippen LogP contribution in [0.1, 0.15) is 40.3 Å². The van der Waals surface area contributed by atoms with E-state index >= 15 is 0 Å². The number of aryl methyl sites for hydroxylation is 1. The van der Waals surface area contributed by atoms with Crippen LogP contribution in [0.2, 0.25) is 0 Å². The van der Waals surface area contributed by atoms with E-state index in [1.807, 2.05) is 0 Å². The Kier molecular flexibility index (Phi) is 3.05. The summed E-state index contributed by atoms with van der Waals surface area (Å²) < 4.78 is 5.31. The third-order valence-electron chi connectivity index (χ3n) is 2.82. The maximum absolute atomic E-state index is 11.0. The summed E-state index contributed by atoms with van der Waals surface area (Å²) in [5.74, 6) is -0.584. The van der Waals surface area contributed by atoms with Gasteiger partial charge in [-0.25, -0.2) is 15.0 Å². The van der Waals surface area contributed by atoms with Crippen LogP contribution in [0.4, 0.5) is 4.79 Å². The number of furan rings is 1. The molecule has 2 amide bonds. The van der Waals surface area contributed by atoms with Gasteiger partial charge in [-0.2, -0.15) is 5.10 Å². The number of rotatable bonds is 2. The van der Waals surface area contributed by atoms with E-state index in [4.69, 9.17) is 15.3 Å². The van der Waals surface area contributed by atoms with Crippen molar-refractivity contribution < 1.29 is 19.1 Å². The second-order valence-electron chi connectivity index (χ2n) is 4.05. The second-order valence-corrected chi connectivity index (χ2v) is 4.05. The van der Waals surface area contributed by atoms with Crippen molar-refractivity contribution in [3.8, 4) is 0 Å². The number of urea groups is 1. The van der Waals surface area contributed by atoms with Crippen LogP contribution in [-0.2, 0) is 6.42 Å². The van der Waals surface area contributed by atoms with Crippen molar-refractivity contribution in [3.05, 3.63) is 22.6 Å². The van der Waals surface area contributed by atoms with Gasteiger partial charge >= 0.3 is 12.0 Å². The fourth-order valence-corrected chi connectivity index (χ4v) is 2.11. The number of hydrazone groups is 1. The Bertz CT molecular complexity index is 545. The first-order valence-electron chi connectivity index (χ1n) is 5.48. The van der Waals surface area contributed by atoms with Gasteiger partial charge in [-0.1, -0.05) is 0 Å². The first-order valence-corrected chi connectivity index (χ1v) is 5.48. The molecule has 1 aliphatic rings. The third kappa shape index (κ3) is 2.06. The van der Waals surface area contributed by atoms with Crippen molar-refractivity contribution in [2.24, 2.45) is 10.8 Å². The summed E-state index contributed by atoms with van der Waals surface area (Å²) in [6, 6.07) is -0.755.